The minimum absolute atomic E-state index is 0.182. The number of hydrogen-bond donors (Lipinski definition) is 1. The van der Waals surface area contributed by atoms with Crippen molar-refractivity contribution in [3.63, 3.8) is 0 Å². The van der Waals surface area contributed by atoms with Gasteiger partial charge in [-0.3, -0.25) is 0 Å². The molecule has 0 saturated heterocycles. The van der Waals surface area contributed by atoms with Gasteiger partial charge in [0.15, 0.2) is 0 Å². The van der Waals surface area contributed by atoms with Crippen LogP contribution in [0.5, 0.6) is 0 Å². The summed E-state index contributed by atoms with van der Waals surface area (Å²) >= 11 is 1.74. The van der Waals surface area contributed by atoms with Crippen molar-refractivity contribution in [3.8, 4) is 0 Å². The Morgan fingerprint density at radius 3 is 2.83 bits per heavy atom. The van der Waals surface area contributed by atoms with Gasteiger partial charge in [0, 0.05) is 12.3 Å². The van der Waals surface area contributed by atoms with Crippen molar-refractivity contribution in [2.45, 2.75) is 0 Å². The predicted octanol–water partition coefficient (Wildman–Crippen LogP) is 2.60. The molecule has 1 aromatic rings. The summed E-state index contributed by atoms with van der Waals surface area (Å²) < 4.78 is 12.9. The second-order valence-electron chi connectivity index (χ2n) is 2.40. The third kappa shape index (κ3) is 2.74. The highest BCUT2D eigenvalue weighted by molar-refractivity contribution is 7.98. The Morgan fingerprint density at radius 1 is 1.42 bits per heavy atom. The monoisotopic (exact) mass is 185 g/mol. The van der Waals surface area contributed by atoms with Crippen molar-refractivity contribution in [3.05, 3.63) is 30.1 Å². The molecule has 0 atom stereocenters. The van der Waals surface area contributed by atoms with Gasteiger partial charge < -0.3 is 5.32 Å². The van der Waals surface area contributed by atoms with Crippen LogP contribution >= 0.6 is 11.8 Å². The summed E-state index contributed by atoms with van der Waals surface area (Å²) in [5, 5.41) is 3.02. The van der Waals surface area contributed by atoms with Crippen molar-refractivity contribution in [2.75, 3.05) is 23.9 Å². The molecule has 0 heterocycles. The zero-order valence-electron chi connectivity index (χ0n) is 7.01. The van der Waals surface area contributed by atoms with Gasteiger partial charge in [-0.1, -0.05) is 12.1 Å². The fraction of sp³-hybridized carbons (Fsp3) is 0.333. The Morgan fingerprint density at radius 2 is 2.17 bits per heavy atom. The van der Waals surface area contributed by atoms with E-state index in [1.165, 1.54) is 6.07 Å². The van der Waals surface area contributed by atoms with Crippen molar-refractivity contribution < 1.29 is 4.39 Å². The predicted molar refractivity (Wildman–Crippen MR) is 53.3 cm³/mol. The first-order valence-corrected chi connectivity index (χ1v) is 5.21. The molecule has 0 radical (unpaired) electrons. The Labute approximate surface area is 76.4 Å². The smallest absolute Gasteiger partial charge is 0.146 e. The highest BCUT2D eigenvalue weighted by Gasteiger charge is 1.96. The molecule has 1 N–H and O–H groups in total. The molecule has 12 heavy (non-hydrogen) atoms. The Kier molecular flexibility index (Phi) is 3.94. The molecule has 66 valence electrons. The molecule has 1 rings (SSSR count). The van der Waals surface area contributed by atoms with Crippen LogP contribution in [0.3, 0.4) is 0 Å². The van der Waals surface area contributed by atoms with Crippen molar-refractivity contribution in [1.29, 1.82) is 0 Å². The van der Waals surface area contributed by atoms with Crippen LogP contribution in [0.4, 0.5) is 10.1 Å². The van der Waals surface area contributed by atoms with Crippen molar-refractivity contribution in [1.82, 2.24) is 0 Å². The number of para-hydroxylation sites is 1. The minimum atomic E-state index is -0.182. The van der Waals surface area contributed by atoms with Crippen molar-refractivity contribution >= 4 is 17.4 Å². The van der Waals surface area contributed by atoms with Crippen LogP contribution in [-0.4, -0.2) is 18.6 Å². The lowest BCUT2D eigenvalue weighted by atomic mass is 10.3. The van der Waals surface area contributed by atoms with E-state index in [0.717, 1.165) is 12.3 Å². The minimum Gasteiger partial charge on any atom is -0.382 e. The maximum Gasteiger partial charge on any atom is 0.146 e. The molecule has 0 aromatic heterocycles. The van der Waals surface area contributed by atoms with Gasteiger partial charge in [-0.05, 0) is 18.4 Å². The average Bonchev–Trinajstić information content (AvgIpc) is 2.09. The van der Waals surface area contributed by atoms with Crippen LogP contribution in [0.25, 0.3) is 0 Å². The molecule has 0 bridgehead atoms. The fourth-order valence-corrected chi connectivity index (χ4v) is 1.20. The Hall–Kier alpha value is -0.700. The number of halogens is 1. The molecule has 0 saturated carbocycles. The van der Waals surface area contributed by atoms with E-state index in [-0.39, 0.29) is 5.82 Å². The summed E-state index contributed by atoms with van der Waals surface area (Å²) in [6, 6.07) is 6.72. The van der Waals surface area contributed by atoms with E-state index in [1.807, 2.05) is 12.3 Å². The van der Waals surface area contributed by atoms with Gasteiger partial charge in [-0.25, -0.2) is 4.39 Å². The molecule has 0 aliphatic carbocycles. The van der Waals surface area contributed by atoms with Gasteiger partial charge >= 0.3 is 0 Å². The highest BCUT2D eigenvalue weighted by Crippen LogP contribution is 2.11. The molecule has 3 heteroatoms. The summed E-state index contributed by atoms with van der Waals surface area (Å²) in [5.41, 5.74) is 0.589. The number of thioether (sulfide) groups is 1. The quantitative estimate of drug-likeness (QED) is 0.724. The van der Waals surface area contributed by atoms with Crippen LogP contribution in [0.2, 0.25) is 0 Å². The van der Waals surface area contributed by atoms with E-state index < -0.39 is 0 Å². The number of rotatable bonds is 4. The maximum atomic E-state index is 12.9. The summed E-state index contributed by atoms with van der Waals surface area (Å²) in [7, 11) is 0. The SMILES string of the molecule is CSCCNc1ccccc1F. The van der Waals surface area contributed by atoms with E-state index in [9.17, 15) is 4.39 Å². The van der Waals surface area contributed by atoms with Crippen LogP contribution < -0.4 is 5.32 Å². The van der Waals surface area contributed by atoms with Gasteiger partial charge in [0.2, 0.25) is 0 Å². The van der Waals surface area contributed by atoms with Gasteiger partial charge in [0.05, 0.1) is 5.69 Å². The second-order valence-corrected chi connectivity index (χ2v) is 3.39. The number of hydrogen-bond acceptors (Lipinski definition) is 2. The normalized spacial score (nSPS) is 9.83. The third-order valence-corrected chi connectivity index (χ3v) is 2.11. The summed E-state index contributed by atoms with van der Waals surface area (Å²) in [6.45, 7) is 0.808. The summed E-state index contributed by atoms with van der Waals surface area (Å²) in [4.78, 5) is 0. The molecular weight excluding hydrogens is 173 g/mol. The number of benzene rings is 1. The van der Waals surface area contributed by atoms with E-state index in [0.29, 0.717) is 5.69 Å². The second kappa shape index (κ2) is 5.04. The third-order valence-electron chi connectivity index (χ3n) is 1.50. The van der Waals surface area contributed by atoms with E-state index >= 15 is 0 Å². The molecule has 1 aromatic carbocycles. The van der Waals surface area contributed by atoms with Crippen LogP contribution in [0, 0.1) is 5.82 Å². The van der Waals surface area contributed by atoms with Gasteiger partial charge in [0.25, 0.3) is 0 Å². The first-order valence-electron chi connectivity index (χ1n) is 3.82. The zero-order valence-corrected chi connectivity index (χ0v) is 7.83. The highest BCUT2D eigenvalue weighted by atomic mass is 32.2. The molecule has 0 aliphatic rings. The van der Waals surface area contributed by atoms with Gasteiger partial charge in [0.1, 0.15) is 5.82 Å². The summed E-state index contributed by atoms with van der Waals surface area (Å²) in [5.74, 6) is 0.813. The number of nitrogens with one attached hydrogen (secondary N) is 1. The first-order chi connectivity index (χ1) is 5.84. The molecule has 0 spiro atoms. The van der Waals surface area contributed by atoms with Crippen LogP contribution in [-0.2, 0) is 0 Å². The molecule has 0 unspecified atom stereocenters. The average molecular weight is 185 g/mol. The van der Waals surface area contributed by atoms with Crippen LogP contribution in [0.1, 0.15) is 0 Å². The van der Waals surface area contributed by atoms with Gasteiger partial charge in [-0.15, -0.1) is 0 Å². The number of anilines is 1. The lowest BCUT2D eigenvalue weighted by Gasteiger charge is -2.05. The van der Waals surface area contributed by atoms with Crippen LogP contribution in [0.15, 0.2) is 24.3 Å². The maximum absolute atomic E-state index is 12.9. The molecule has 1 nitrogen and oxygen atoms in total. The lowest BCUT2D eigenvalue weighted by Crippen LogP contribution is -2.04. The van der Waals surface area contributed by atoms with Crippen molar-refractivity contribution in [2.24, 2.45) is 0 Å². The van der Waals surface area contributed by atoms with Gasteiger partial charge in [-0.2, -0.15) is 11.8 Å². The zero-order chi connectivity index (χ0) is 8.81. The van der Waals surface area contributed by atoms with E-state index in [4.69, 9.17) is 0 Å². The Bertz CT molecular complexity index is 240. The molecule has 0 fully saturated rings. The largest absolute Gasteiger partial charge is 0.382 e. The standard InChI is InChI=1S/C9H12FNS/c1-12-7-6-11-9-5-3-2-4-8(9)10/h2-5,11H,6-7H2,1H3. The molecule has 0 aliphatic heterocycles. The molecular formula is C9H12FNS. The Balaban J connectivity index is 2.46. The summed E-state index contributed by atoms with van der Waals surface area (Å²) in [6.07, 6.45) is 2.03. The van der Waals surface area contributed by atoms with E-state index in [2.05, 4.69) is 5.32 Å². The first kappa shape index (κ1) is 9.39. The lowest BCUT2D eigenvalue weighted by molar-refractivity contribution is 0.630. The fourth-order valence-electron chi connectivity index (χ4n) is 0.892. The van der Waals surface area contributed by atoms with E-state index in [1.54, 1.807) is 23.9 Å². The molecule has 0 amide bonds. The topological polar surface area (TPSA) is 12.0 Å².